The van der Waals surface area contributed by atoms with Crippen LogP contribution >= 0.6 is 0 Å². The molecule has 2 heterocycles. The van der Waals surface area contributed by atoms with E-state index in [2.05, 4.69) is 22.3 Å². The standard InChI is InChI=1S/C19H30N2O4/c1-22-16-12-15(13-17(23-2)19(16)24-3)18(14-4-10-25-11-5-14)21-8-6-20-7-9-21/h12-14,18,20H,4-11H2,1-3H3/t18-/m1/s1. The Morgan fingerprint density at radius 2 is 1.60 bits per heavy atom. The number of nitrogens with one attached hydrogen (secondary N) is 1. The number of benzene rings is 1. The van der Waals surface area contributed by atoms with E-state index < -0.39 is 0 Å². The summed E-state index contributed by atoms with van der Waals surface area (Å²) >= 11 is 0. The van der Waals surface area contributed by atoms with Crippen molar-refractivity contribution in [1.82, 2.24) is 10.2 Å². The smallest absolute Gasteiger partial charge is 0.203 e. The normalized spacial score (nSPS) is 20.9. The zero-order chi connectivity index (χ0) is 17.6. The third-order valence-electron chi connectivity index (χ3n) is 5.29. The van der Waals surface area contributed by atoms with Gasteiger partial charge in [0, 0.05) is 45.4 Å². The Labute approximate surface area is 150 Å². The molecule has 6 heteroatoms. The molecule has 25 heavy (non-hydrogen) atoms. The van der Waals surface area contributed by atoms with E-state index in [1.807, 2.05) is 0 Å². The quantitative estimate of drug-likeness (QED) is 0.848. The minimum atomic E-state index is 0.347. The highest BCUT2D eigenvalue weighted by Gasteiger charge is 2.32. The molecule has 0 amide bonds. The van der Waals surface area contributed by atoms with Crippen molar-refractivity contribution in [3.05, 3.63) is 17.7 Å². The SMILES string of the molecule is COc1cc([C@@H](C2CCOCC2)N2CCNCC2)cc(OC)c1OC. The summed E-state index contributed by atoms with van der Waals surface area (Å²) in [5.41, 5.74) is 1.24. The number of nitrogens with zero attached hydrogens (tertiary/aromatic N) is 1. The van der Waals surface area contributed by atoms with Gasteiger partial charge >= 0.3 is 0 Å². The number of hydrogen-bond acceptors (Lipinski definition) is 6. The van der Waals surface area contributed by atoms with Crippen molar-refractivity contribution in [2.24, 2.45) is 5.92 Å². The minimum Gasteiger partial charge on any atom is -0.493 e. The maximum absolute atomic E-state index is 5.60. The van der Waals surface area contributed by atoms with Gasteiger partial charge in [0.25, 0.3) is 0 Å². The molecule has 1 aromatic carbocycles. The molecule has 1 N–H and O–H groups in total. The summed E-state index contributed by atoms with van der Waals surface area (Å²) in [6.07, 6.45) is 2.18. The van der Waals surface area contributed by atoms with Crippen LogP contribution in [0.5, 0.6) is 17.2 Å². The molecule has 2 aliphatic rings. The largest absolute Gasteiger partial charge is 0.493 e. The van der Waals surface area contributed by atoms with Gasteiger partial charge < -0.3 is 24.3 Å². The third-order valence-corrected chi connectivity index (χ3v) is 5.29. The van der Waals surface area contributed by atoms with E-state index in [0.717, 1.165) is 63.7 Å². The van der Waals surface area contributed by atoms with Crippen LogP contribution in [0, 0.1) is 5.92 Å². The summed E-state index contributed by atoms with van der Waals surface area (Å²) < 4.78 is 22.3. The van der Waals surface area contributed by atoms with Crippen molar-refractivity contribution in [1.29, 1.82) is 0 Å². The van der Waals surface area contributed by atoms with Gasteiger partial charge in [0.2, 0.25) is 5.75 Å². The van der Waals surface area contributed by atoms with Gasteiger partial charge in [-0.2, -0.15) is 0 Å². The van der Waals surface area contributed by atoms with Crippen LogP contribution in [0.3, 0.4) is 0 Å². The number of hydrogen-bond donors (Lipinski definition) is 1. The van der Waals surface area contributed by atoms with Crippen molar-refractivity contribution >= 4 is 0 Å². The Hall–Kier alpha value is -1.50. The molecule has 2 saturated heterocycles. The Bertz CT molecular complexity index is 511. The second-order valence-electron chi connectivity index (χ2n) is 6.64. The van der Waals surface area contributed by atoms with Gasteiger partial charge in [-0.05, 0) is 36.5 Å². The summed E-state index contributed by atoms with van der Waals surface area (Å²) in [6.45, 7) is 5.86. The van der Waals surface area contributed by atoms with Gasteiger partial charge in [-0.15, -0.1) is 0 Å². The van der Waals surface area contributed by atoms with E-state index >= 15 is 0 Å². The molecule has 0 spiro atoms. The molecule has 2 fully saturated rings. The van der Waals surface area contributed by atoms with Crippen molar-refractivity contribution in [3.63, 3.8) is 0 Å². The number of methoxy groups -OCH3 is 3. The summed E-state index contributed by atoms with van der Waals surface area (Å²) in [5.74, 6) is 2.68. The lowest BCUT2D eigenvalue weighted by Crippen LogP contribution is -2.47. The number of piperazine rings is 1. The van der Waals surface area contributed by atoms with Gasteiger partial charge in [0.05, 0.1) is 21.3 Å². The van der Waals surface area contributed by atoms with Crippen molar-refractivity contribution in [2.75, 3.05) is 60.7 Å². The van der Waals surface area contributed by atoms with Crippen LogP contribution in [0.1, 0.15) is 24.4 Å². The predicted molar refractivity (Wildman–Crippen MR) is 96.8 cm³/mol. The van der Waals surface area contributed by atoms with E-state index in [1.165, 1.54) is 5.56 Å². The Balaban J connectivity index is 1.99. The minimum absolute atomic E-state index is 0.347. The topological polar surface area (TPSA) is 52.2 Å². The number of ether oxygens (including phenoxy) is 4. The lowest BCUT2D eigenvalue weighted by Gasteiger charge is -2.41. The van der Waals surface area contributed by atoms with Crippen molar-refractivity contribution in [3.8, 4) is 17.2 Å². The van der Waals surface area contributed by atoms with E-state index in [1.54, 1.807) is 21.3 Å². The van der Waals surface area contributed by atoms with E-state index in [0.29, 0.717) is 17.7 Å². The zero-order valence-electron chi connectivity index (χ0n) is 15.5. The molecule has 3 rings (SSSR count). The lowest BCUT2D eigenvalue weighted by atomic mass is 9.85. The molecule has 0 saturated carbocycles. The fourth-order valence-electron chi connectivity index (χ4n) is 4.05. The maximum atomic E-state index is 5.60. The molecular weight excluding hydrogens is 320 g/mol. The molecule has 1 aromatic rings. The molecule has 0 aliphatic carbocycles. The molecule has 2 aliphatic heterocycles. The summed E-state index contributed by atoms with van der Waals surface area (Å²) in [5, 5.41) is 3.45. The molecule has 0 radical (unpaired) electrons. The van der Waals surface area contributed by atoms with Crippen LogP contribution in [0.25, 0.3) is 0 Å². The fraction of sp³-hybridized carbons (Fsp3) is 0.684. The first-order valence-corrected chi connectivity index (χ1v) is 9.11. The Kier molecular flexibility index (Phi) is 6.39. The van der Waals surface area contributed by atoms with Crippen LogP contribution < -0.4 is 19.5 Å². The molecule has 1 atom stereocenters. The highest BCUT2D eigenvalue weighted by atomic mass is 16.5. The van der Waals surface area contributed by atoms with Crippen LogP contribution in [-0.2, 0) is 4.74 Å². The van der Waals surface area contributed by atoms with Gasteiger partial charge in [0.15, 0.2) is 11.5 Å². The average Bonchev–Trinajstić information content (AvgIpc) is 2.69. The molecule has 0 unspecified atom stereocenters. The van der Waals surface area contributed by atoms with Crippen LogP contribution in [-0.4, -0.2) is 65.6 Å². The first kappa shape index (κ1) is 18.3. The second kappa shape index (κ2) is 8.74. The van der Waals surface area contributed by atoms with Gasteiger partial charge in [0.1, 0.15) is 0 Å². The molecule has 6 nitrogen and oxygen atoms in total. The average molecular weight is 350 g/mol. The van der Waals surface area contributed by atoms with E-state index in [4.69, 9.17) is 18.9 Å². The molecule has 0 bridgehead atoms. The monoisotopic (exact) mass is 350 g/mol. The fourth-order valence-corrected chi connectivity index (χ4v) is 4.05. The first-order chi connectivity index (χ1) is 12.3. The zero-order valence-corrected chi connectivity index (χ0v) is 15.5. The first-order valence-electron chi connectivity index (χ1n) is 9.11. The predicted octanol–water partition coefficient (Wildman–Crippen LogP) is 2.09. The summed E-state index contributed by atoms with van der Waals surface area (Å²) in [4.78, 5) is 2.59. The Morgan fingerprint density at radius 1 is 1.00 bits per heavy atom. The lowest BCUT2D eigenvalue weighted by molar-refractivity contribution is 0.0212. The van der Waals surface area contributed by atoms with Crippen LogP contribution in [0.4, 0.5) is 0 Å². The highest BCUT2D eigenvalue weighted by Crippen LogP contribution is 2.43. The molecule has 140 valence electrons. The highest BCUT2D eigenvalue weighted by molar-refractivity contribution is 5.54. The molecular formula is C19H30N2O4. The number of rotatable bonds is 6. The maximum Gasteiger partial charge on any atom is 0.203 e. The third kappa shape index (κ3) is 4.02. The van der Waals surface area contributed by atoms with Gasteiger partial charge in [-0.1, -0.05) is 0 Å². The summed E-state index contributed by atoms with van der Waals surface area (Å²) in [7, 11) is 5.00. The van der Waals surface area contributed by atoms with Gasteiger partial charge in [-0.3, -0.25) is 4.90 Å². The van der Waals surface area contributed by atoms with E-state index in [9.17, 15) is 0 Å². The molecule has 0 aromatic heterocycles. The Morgan fingerprint density at radius 3 is 2.12 bits per heavy atom. The second-order valence-corrected chi connectivity index (χ2v) is 6.64. The van der Waals surface area contributed by atoms with Crippen molar-refractivity contribution in [2.45, 2.75) is 18.9 Å². The van der Waals surface area contributed by atoms with Gasteiger partial charge in [-0.25, -0.2) is 0 Å². The van der Waals surface area contributed by atoms with E-state index in [-0.39, 0.29) is 0 Å². The summed E-state index contributed by atoms with van der Waals surface area (Å²) in [6, 6.07) is 4.58. The van der Waals surface area contributed by atoms with Crippen LogP contribution in [0.15, 0.2) is 12.1 Å². The van der Waals surface area contributed by atoms with Crippen molar-refractivity contribution < 1.29 is 18.9 Å². The van der Waals surface area contributed by atoms with Crippen LogP contribution in [0.2, 0.25) is 0 Å².